The van der Waals surface area contributed by atoms with Crippen molar-refractivity contribution in [3.8, 4) is 0 Å². The number of carbonyl (C=O) groups is 1. The second-order valence-electron chi connectivity index (χ2n) is 5.18. The van der Waals surface area contributed by atoms with Crippen molar-refractivity contribution in [3.05, 3.63) is 30.0 Å². The molecular weight excluding hydrogens is 242 g/mol. The number of para-hydroxylation sites is 1. The summed E-state index contributed by atoms with van der Waals surface area (Å²) in [7, 11) is 0. The fourth-order valence-electron chi connectivity index (χ4n) is 2.68. The molecule has 5 heteroatoms. The third kappa shape index (κ3) is 2.10. The Labute approximate surface area is 111 Å². The average Bonchev–Trinajstić information content (AvgIpc) is 3.06. The SMILES string of the molecule is CC(O)C1CCN(C(=O)c2cccc3cn[nH]c23)C1. The zero-order valence-electron chi connectivity index (χ0n) is 10.8. The summed E-state index contributed by atoms with van der Waals surface area (Å²) >= 11 is 0. The highest BCUT2D eigenvalue weighted by molar-refractivity contribution is 6.05. The number of rotatable bonds is 2. The third-order valence-electron chi connectivity index (χ3n) is 3.90. The van der Waals surface area contributed by atoms with Gasteiger partial charge in [-0.05, 0) is 19.4 Å². The normalized spacial score (nSPS) is 20.9. The van der Waals surface area contributed by atoms with Gasteiger partial charge in [0.15, 0.2) is 0 Å². The Morgan fingerprint density at radius 3 is 3.16 bits per heavy atom. The number of aliphatic hydroxyl groups excluding tert-OH is 1. The predicted molar refractivity (Wildman–Crippen MR) is 71.8 cm³/mol. The molecule has 2 unspecified atom stereocenters. The number of aromatic amines is 1. The standard InChI is InChI=1S/C14H17N3O2/c1-9(18)11-5-6-17(8-11)14(19)12-4-2-3-10-7-15-16-13(10)12/h2-4,7,9,11,18H,5-6,8H2,1H3,(H,15,16). The van der Waals surface area contributed by atoms with E-state index in [1.807, 2.05) is 23.1 Å². The van der Waals surface area contributed by atoms with Crippen LogP contribution in [0.25, 0.3) is 10.9 Å². The van der Waals surface area contributed by atoms with Gasteiger partial charge in [-0.3, -0.25) is 9.89 Å². The van der Waals surface area contributed by atoms with Gasteiger partial charge < -0.3 is 10.0 Å². The molecule has 2 heterocycles. The molecule has 1 amide bonds. The first kappa shape index (κ1) is 12.2. The molecule has 19 heavy (non-hydrogen) atoms. The van der Waals surface area contributed by atoms with E-state index in [1.54, 1.807) is 13.1 Å². The van der Waals surface area contributed by atoms with E-state index in [4.69, 9.17) is 0 Å². The summed E-state index contributed by atoms with van der Waals surface area (Å²) in [4.78, 5) is 14.3. The number of H-pyrrole nitrogens is 1. The van der Waals surface area contributed by atoms with Crippen LogP contribution < -0.4 is 0 Å². The Morgan fingerprint density at radius 1 is 1.58 bits per heavy atom. The zero-order chi connectivity index (χ0) is 13.4. The van der Waals surface area contributed by atoms with Crippen molar-refractivity contribution in [1.82, 2.24) is 15.1 Å². The van der Waals surface area contributed by atoms with Crippen LogP contribution in [0.4, 0.5) is 0 Å². The zero-order valence-corrected chi connectivity index (χ0v) is 10.8. The predicted octanol–water partition coefficient (Wildman–Crippen LogP) is 1.41. The van der Waals surface area contributed by atoms with Gasteiger partial charge in [-0.1, -0.05) is 12.1 Å². The van der Waals surface area contributed by atoms with Gasteiger partial charge in [0.2, 0.25) is 0 Å². The molecule has 0 saturated carbocycles. The lowest BCUT2D eigenvalue weighted by molar-refractivity contribution is 0.0764. The van der Waals surface area contributed by atoms with Gasteiger partial charge in [0.25, 0.3) is 5.91 Å². The molecule has 0 bridgehead atoms. The Hall–Kier alpha value is -1.88. The summed E-state index contributed by atoms with van der Waals surface area (Å²) in [5, 5.41) is 17.4. The van der Waals surface area contributed by atoms with Crippen LogP contribution in [-0.2, 0) is 0 Å². The number of carbonyl (C=O) groups excluding carboxylic acids is 1. The van der Waals surface area contributed by atoms with E-state index in [0.29, 0.717) is 18.7 Å². The highest BCUT2D eigenvalue weighted by Gasteiger charge is 2.30. The van der Waals surface area contributed by atoms with Gasteiger partial charge in [0.1, 0.15) is 0 Å². The fraction of sp³-hybridized carbons (Fsp3) is 0.429. The van der Waals surface area contributed by atoms with Gasteiger partial charge in [-0.25, -0.2) is 0 Å². The Kier molecular flexibility index (Phi) is 2.98. The number of amides is 1. The van der Waals surface area contributed by atoms with Crippen molar-refractivity contribution in [2.24, 2.45) is 5.92 Å². The molecule has 1 saturated heterocycles. The number of aromatic nitrogens is 2. The molecule has 3 rings (SSSR count). The molecule has 1 fully saturated rings. The summed E-state index contributed by atoms with van der Waals surface area (Å²) in [5.41, 5.74) is 1.44. The lowest BCUT2D eigenvalue weighted by atomic mass is 10.0. The Balaban J connectivity index is 1.87. The van der Waals surface area contributed by atoms with Crippen molar-refractivity contribution in [2.45, 2.75) is 19.4 Å². The molecule has 100 valence electrons. The Morgan fingerprint density at radius 2 is 2.42 bits per heavy atom. The number of nitrogens with one attached hydrogen (secondary N) is 1. The average molecular weight is 259 g/mol. The first-order chi connectivity index (χ1) is 9.16. The maximum absolute atomic E-state index is 12.5. The molecule has 0 spiro atoms. The number of nitrogens with zero attached hydrogens (tertiary/aromatic N) is 2. The van der Waals surface area contributed by atoms with Crippen molar-refractivity contribution >= 4 is 16.8 Å². The van der Waals surface area contributed by atoms with Gasteiger partial charge in [0.05, 0.1) is 23.4 Å². The van der Waals surface area contributed by atoms with Gasteiger partial charge >= 0.3 is 0 Å². The largest absolute Gasteiger partial charge is 0.393 e. The molecule has 2 aromatic rings. The first-order valence-corrected chi connectivity index (χ1v) is 6.56. The van der Waals surface area contributed by atoms with E-state index in [-0.39, 0.29) is 17.9 Å². The number of aliphatic hydroxyl groups is 1. The van der Waals surface area contributed by atoms with Gasteiger partial charge in [0, 0.05) is 24.4 Å². The fourth-order valence-corrected chi connectivity index (χ4v) is 2.68. The topological polar surface area (TPSA) is 69.2 Å². The van der Waals surface area contributed by atoms with E-state index < -0.39 is 0 Å². The minimum Gasteiger partial charge on any atom is -0.393 e. The van der Waals surface area contributed by atoms with Crippen LogP contribution >= 0.6 is 0 Å². The molecule has 1 aliphatic rings. The quantitative estimate of drug-likeness (QED) is 0.856. The minimum absolute atomic E-state index is 0.0120. The van der Waals surface area contributed by atoms with E-state index in [1.165, 1.54) is 0 Å². The smallest absolute Gasteiger partial charge is 0.256 e. The maximum atomic E-state index is 12.5. The van der Waals surface area contributed by atoms with E-state index >= 15 is 0 Å². The molecule has 2 atom stereocenters. The van der Waals surface area contributed by atoms with E-state index in [2.05, 4.69) is 10.2 Å². The molecule has 0 radical (unpaired) electrons. The number of hydrogen-bond donors (Lipinski definition) is 2. The maximum Gasteiger partial charge on any atom is 0.256 e. The third-order valence-corrected chi connectivity index (χ3v) is 3.90. The van der Waals surface area contributed by atoms with Crippen LogP contribution in [0.2, 0.25) is 0 Å². The molecule has 1 aromatic heterocycles. The van der Waals surface area contributed by atoms with Crippen molar-refractivity contribution in [3.63, 3.8) is 0 Å². The van der Waals surface area contributed by atoms with Crippen LogP contribution in [0, 0.1) is 5.92 Å². The van der Waals surface area contributed by atoms with Crippen LogP contribution in [0.15, 0.2) is 24.4 Å². The summed E-state index contributed by atoms with van der Waals surface area (Å²) in [6, 6.07) is 5.62. The van der Waals surface area contributed by atoms with Crippen molar-refractivity contribution in [2.75, 3.05) is 13.1 Å². The lowest BCUT2D eigenvalue weighted by Gasteiger charge is -2.18. The molecule has 2 N–H and O–H groups in total. The molecule has 5 nitrogen and oxygen atoms in total. The minimum atomic E-state index is -0.360. The number of hydrogen-bond acceptors (Lipinski definition) is 3. The van der Waals surface area contributed by atoms with E-state index in [9.17, 15) is 9.90 Å². The highest BCUT2D eigenvalue weighted by atomic mass is 16.3. The van der Waals surface area contributed by atoms with Gasteiger partial charge in [-0.2, -0.15) is 5.10 Å². The summed E-state index contributed by atoms with van der Waals surface area (Å²) in [5.74, 6) is 0.197. The summed E-state index contributed by atoms with van der Waals surface area (Å²) in [6.07, 6.45) is 2.22. The Bertz CT molecular complexity index is 606. The highest BCUT2D eigenvalue weighted by Crippen LogP contribution is 2.24. The molecule has 1 aliphatic heterocycles. The van der Waals surface area contributed by atoms with Crippen LogP contribution in [0.1, 0.15) is 23.7 Å². The van der Waals surface area contributed by atoms with Crippen LogP contribution in [0.3, 0.4) is 0 Å². The van der Waals surface area contributed by atoms with E-state index in [0.717, 1.165) is 17.3 Å². The summed E-state index contributed by atoms with van der Waals surface area (Å²) < 4.78 is 0. The monoisotopic (exact) mass is 259 g/mol. The number of benzene rings is 1. The van der Waals surface area contributed by atoms with Crippen molar-refractivity contribution < 1.29 is 9.90 Å². The van der Waals surface area contributed by atoms with Crippen molar-refractivity contribution in [1.29, 1.82) is 0 Å². The summed E-state index contributed by atoms with van der Waals surface area (Å²) in [6.45, 7) is 3.12. The number of likely N-dealkylation sites (tertiary alicyclic amines) is 1. The van der Waals surface area contributed by atoms with Crippen LogP contribution in [-0.4, -0.2) is 45.3 Å². The second kappa shape index (κ2) is 4.66. The lowest BCUT2D eigenvalue weighted by Crippen LogP contribution is -2.30. The molecule has 1 aromatic carbocycles. The molecule has 0 aliphatic carbocycles. The first-order valence-electron chi connectivity index (χ1n) is 6.56. The van der Waals surface area contributed by atoms with Gasteiger partial charge in [-0.15, -0.1) is 0 Å². The second-order valence-corrected chi connectivity index (χ2v) is 5.18. The molecular formula is C14H17N3O2. The number of fused-ring (bicyclic) bond motifs is 1. The van der Waals surface area contributed by atoms with Crippen LogP contribution in [0.5, 0.6) is 0 Å².